The molecule has 2 aromatic rings. The molecule has 0 spiro atoms. The second-order valence-corrected chi connectivity index (χ2v) is 7.32. The van der Waals surface area contributed by atoms with Crippen LogP contribution in [0, 0.1) is 0 Å². The average molecular weight is 289 g/mol. The maximum absolute atomic E-state index is 11.9. The van der Waals surface area contributed by atoms with E-state index in [1.807, 2.05) is 0 Å². The molecule has 0 unspecified atom stereocenters. The highest BCUT2D eigenvalue weighted by Crippen LogP contribution is 2.29. The van der Waals surface area contributed by atoms with Crippen molar-refractivity contribution in [2.24, 2.45) is 0 Å². The van der Waals surface area contributed by atoms with Crippen molar-refractivity contribution in [2.45, 2.75) is 24.1 Å². The zero-order valence-corrected chi connectivity index (χ0v) is 11.7. The summed E-state index contributed by atoms with van der Waals surface area (Å²) in [7, 11) is -3.41. The summed E-state index contributed by atoms with van der Waals surface area (Å²) in [6.07, 6.45) is 0. The van der Waals surface area contributed by atoms with Crippen LogP contribution in [0.3, 0.4) is 0 Å². The molecule has 17 heavy (non-hydrogen) atoms. The van der Waals surface area contributed by atoms with Gasteiger partial charge in [-0.05, 0) is 37.5 Å². The molecule has 0 aliphatic carbocycles. The Bertz CT molecular complexity index is 587. The van der Waals surface area contributed by atoms with E-state index in [1.54, 1.807) is 31.4 Å². The zero-order valence-electron chi connectivity index (χ0n) is 9.25. The van der Waals surface area contributed by atoms with E-state index in [-0.39, 0.29) is 6.04 Å². The van der Waals surface area contributed by atoms with E-state index in [2.05, 4.69) is 14.3 Å². The topological polar surface area (TPSA) is 72.0 Å². The predicted molar refractivity (Wildman–Crippen MR) is 68.7 cm³/mol. The van der Waals surface area contributed by atoms with Gasteiger partial charge in [0, 0.05) is 11.4 Å². The molecular weight excluding hydrogens is 278 g/mol. The van der Waals surface area contributed by atoms with E-state index in [1.165, 1.54) is 22.9 Å². The van der Waals surface area contributed by atoms with Crippen molar-refractivity contribution < 1.29 is 8.42 Å². The summed E-state index contributed by atoms with van der Waals surface area (Å²) in [6, 6.07) is 3.21. The third-order valence-corrected chi connectivity index (χ3v) is 5.61. The lowest BCUT2D eigenvalue weighted by Gasteiger charge is -2.06. The van der Waals surface area contributed by atoms with Crippen LogP contribution in [0.4, 0.5) is 0 Å². The molecule has 0 saturated carbocycles. The predicted octanol–water partition coefficient (Wildman–Crippen LogP) is 1.95. The Morgan fingerprint density at radius 2 is 2.12 bits per heavy atom. The highest BCUT2D eigenvalue weighted by Gasteiger charge is 2.18. The Labute approximate surface area is 108 Å². The Morgan fingerprint density at radius 3 is 2.71 bits per heavy atom. The summed E-state index contributed by atoms with van der Waals surface area (Å²) in [6.45, 7) is 3.58. The van der Waals surface area contributed by atoms with Crippen LogP contribution in [-0.2, 0) is 10.0 Å². The van der Waals surface area contributed by atoms with Gasteiger partial charge in [0.1, 0.15) is 9.90 Å². The van der Waals surface area contributed by atoms with Crippen LogP contribution in [-0.4, -0.2) is 24.0 Å². The quantitative estimate of drug-likeness (QED) is 0.934. The number of hydrogen-bond donors (Lipinski definition) is 1. The van der Waals surface area contributed by atoms with Gasteiger partial charge in [-0.1, -0.05) is 4.49 Å². The van der Waals surface area contributed by atoms with E-state index in [0.29, 0.717) is 9.90 Å². The maximum Gasteiger partial charge on any atom is 0.250 e. The summed E-state index contributed by atoms with van der Waals surface area (Å²) < 4.78 is 30.4. The molecule has 0 atom stereocenters. The third-order valence-electron chi connectivity index (χ3n) is 1.85. The minimum Gasteiger partial charge on any atom is -0.208 e. The van der Waals surface area contributed by atoms with Gasteiger partial charge in [0.25, 0.3) is 0 Å². The largest absolute Gasteiger partial charge is 0.250 e. The molecule has 2 heterocycles. The molecule has 0 amide bonds. The number of hydrogen-bond acceptors (Lipinski definition) is 6. The van der Waals surface area contributed by atoms with Crippen LogP contribution in [0.5, 0.6) is 0 Å². The van der Waals surface area contributed by atoms with Gasteiger partial charge in [-0.3, -0.25) is 0 Å². The van der Waals surface area contributed by atoms with Crippen molar-refractivity contribution in [2.75, 3.05) is 0 Å². The highest BCUT2D eigenvalue weighted by atomic mass is 32.2. The molecule has 0 aromatic carbocycles. The highest BCUT2D eigenvalue weighted by molar-refractivity contribution is 7.91. The van der Waals surface area contributed by atoms with Crippen molar-refractivity contribution in [3.8, 4) is 10.6 Å². The molecule has 0 aliphatic rings. The second kappa shape index (κ2) is 4.81. The monoisotopic (exact) mass is 289 g/mol. The summed E-state index contributed by atoms with van der Waals surface area (Å²) in [5.41, 5.74) is 0.714. The number of sulfonamides is 1. The van der Waals surface area contributed by atoms with E-state index in [4.69, 9.17) is 0 Å². The van der Waals surface area contributed by atoms with Crippen molar-refractivity contribution in [1.82, 2.24) is 14.3 Å². The molecule has 92 valence electrons. The number of nitrogens with one attached hydrogen (secondary N) is 1. The fourth-order valence-electron chi connectivity index (χ4n) is 1.24. The van der Waals surface area contributed by atoms with Gasteiger partial charge < -0.3 is 0 Å². The summed E-state index contributed by atoms with van der Waals surface area (Å²) >= 11 is 2.44. The maximum atomic E-state index is 11.9. The van der Waals surface area contributed by atoms with Crippen molar-refractivity contribution in [3.05, 3.63) is 17.5 Å². The lowest BCUT2D eigenvalue weighted by atomic mass is 10.4. The summed E-state index contributed by atoms with van der Waals surface area (Å²) in [5, 5.41) is 5.70. The van der Waals surface area contributed by atoms with Gasteiger partial charge in [0.05, 0.1) is 4.88 Å². The number of thiophene rings is 1. The second-order valence-electron chi connectivity index (χ2n) is 3.68. The molecule has 8 heteroatoms. The van der Waals surface area contributed by atoms with Gasteiger partial charge in [-0.15, -0.1) is 16.4 Å². The first kappa shape index (κ1) is 12.6. The van der Waals surface area contributed by atoms with Crippen molar-refractivity contribution >= 4 is 32.9 Å². The molecule has 0 saturated heterocycles. The molecule has 0 aliphatic heterocycles. The van der Waals surface area contributed by atoms with Crippen LogP contribution in [0.25, 0.3) is 10.6 Å². The number of aromatic nitrogens is 2. The lowest BCUT2D eigenvalue weighted by Crippen LogP contribution is -2.29. The van der Waals surface area contributed by atoms with Gasteiger partial charge in [0.15, 0.2) is 0 Å². The lowest BCUT2D eigenvalue weighted by molar-refractivity contribution is 0.572. The number of nitrogens with zero attached hydrogens (tertiary/aromatic N) is 2. The van der Waals surface area contributed by atoms with E-state index >= 15 is 0 Å². The van der Waals surface area contributed by atoms with Crippen LogP contribution in [0.1, 0.15) is 13.8 Å². The first-order chi connectivity index (χ1) is 7.99. The van der Waals surface area contributed by atoms with Gasteiger partial charge >= 0.3 is 0 Å². The van der Waals surface area contributed by atoms with Crippen molar-refractivity contribution in [1.29, 1.82) is 0 Å². The van der Waals surface area contributed by atoms with E-state index in [0.717, 1.165) is 4.88 Å². The Morgan fingerprint density at radius 1 is 1.35 bits per heavy atom. The molecule has 0 bridgehead atoms. The molecule has 2 aromatic heterocycles. The van der Waals surface area contributed by atoms with Gasteiger partial charge in [0.2, 0.25) is 10.0 Å². The number of rotatable bonds is 4. The van der Waals surface area contributed by atoms with Crippen LogP contribution < -0.4 is 4.72 Å². The SMILES string of the molecule is CC(C)NS(=O)(=O)c1ccc(-c2csnn2)s1. The van der Waals surface area contributed by atoms with Crippen LogP contribution in [0.2, 0.25) is 0 Å². The van der Waals surface area contributed by atoms with Gasteiger partial charge in [-0.2, -0.15) is 0 Å². The molecule has 0 radical (unpaired) electrons. The standard InChI is InChI=1S/C9H11N3O2S3/c1-6(2)11-17(13,14)9-4-3-8(16-9)7-5-15-12-10-7/h3-6,11H,1-2H3. The van der Waals surface area contributed by atoms with Crippen molar-refractivity contribution in [3.63, 3.8) is 0 Å². The van der Waals surface area contributed by atoms with Gasteiger partial charge in [-0.25, -0.2) is 13.1 Å². The van der Waals surface area contributed by atoms with Crippen LogP contribution >= 0.6 is 22.9 Å². The molecule has 1 N–H and O–H groups in total. The third kappa shape index (κ3) is 2.89. The normalized spacial score (nSPS) is 12.2. The fraction of sp³-hybridized carbons (Fsp3) is 0.333. The average Bonchev–Trinajstić information content (AvgIpc) is 2.87. The Balaban J connectivity index is 2.30. The minimum atomic E-state index is -3.41. The summed E-state index contributed by atoms with van der Waals surface area (Å²) in [4.78, 5) is 0.808. The zero-order chi connectivity index (χ0) is 12.5. The van der Waals surface area contributed by atoms with E-state index < -0.39 is 10.0 Å². The molecular formula is C9H11N3O2S3. The summed E-state index contributed by atoms with van der Waals surface area (Å²) in [5.74, 6) is 0. The fourth-order valence-corrected chi connectivity index (χ4v) is 4.30. The first-order valence-corrected chi connectivity index (χ1v) is 8.02. The molecule has 2 rings (SSSR count). The Hall–Kier alpha value is -0.830. The Kier molecular flexibility index (Phi) is 3.57. The van der Waals surface area contributed by atoms with E-state index in [9.17, 15) is 8.42 Å². The van der Waals surface area contributed by atoms with Crippen LogP contribution in [0.15, 0.2) is 21.7 Å². The smallest absolute Gasteiger partial charge is 0.208 e. The molecule has 0 fully saturated rings. The first-order valence-electron chi connectivity index (χ1n) is 4.88. The molecule has 5 nitrogen and oxygen atoms in total. The minimum absolute atomic E-state index is 0.119.